The molecule has 0 spiro atoms. The molecule has 8 rings (SSSR count). The molecule has 4 heterocycles. The zero-order valence-electron chi connectivity index (χ0n) is 25.6. The number of aryl methyl sites for hydroxylation is 1. The first-order valence-corrected chi connectivity index (χ1v) is 15.5. The van der Waals surface area contributed by atoms with Crippen molar-refractivity contribution in [1.29, 1.82) is 0 Å². The van der Waals surface area contributed by atoms with Gasteiger partial charge in [0, 0.05) is 55.2 Å². The molecule has 9 nitrogen and oxygen atoms in total. The number of fused-ring (bicyclic) bond motifs is 8. The predicted octanol–water partition coefficient (Wildman–Crippen LogP) is 6.43. The molecule has 46 heavy (non-hydrogen) atoms. The summed E-state index contributed by atoms with van der Waals surface area (Å²) in [6.07, 6.45) is 5.80. The first kappa shape index (κ1) is 28.1. The molecular weight excluding hydrogens is 580 g/mol. The van der Waals surface area contributed by atoms with Crippen LogP contribution in [-0.4, -0.2) is 56.7 Å². The van der Waals surface area contributed by atoms with Crippen LogP contribution < -0.4 is 24.0 Å². The molecule has 0 bridgehead atoms. The Hall–Kier alpha value is -5.44. The van der Waals surface area contributed by atoms with E-state index in [1.54, 1.807) is 19.2 Å². The van der Waals surface area contributed by atoms with Gasteiger partial charge < -0.3 is 14.2 Å². The van der Waals surface area contributed by atoms with Gasteiger partial charge in [0.25, 0.3) is 11.8 Å². The minimum Gasteiger partial charge on any atom is -0.493 e. The van der Waals surface area contributed by atoms with Gasteiger partial charge in [0.15, 0.2) is 11.5 Å². The van der Waals surface area contributed by atoms with Gasteiger partial charge in [-0.2, -0.15) is 0 Å². The van der Waals surface area contributed by atoms with Crippen LogP contribution in [0.15, 0.2) is 82.8 Å². The van der Waals surface area contributed by atoms with Crippen molar-refractivity contribution in [1.82, 2.24) is 0 Å². The molecule has 4 aliphatic heterocycles. The minimum absolute atomic E-state index is 0.0450. The minimum atomic E-state index is -0.126. The average Bonchev–Trinajstić information content (AvgIpc) is 3.56. The van der Waals surface area contributed by atoms with E-state index in [1.165, 1.54) is 0 Å². The van der Waals surface area contributed by atoms with Crippen LogP contribution in [0.5, 0.6) is 17.2 Å². The molecule has 230 valence electrons. The molecule has 0 aromatic heterocycles. The number of hydrogen-bond donors (Lipinski definition) is 0. The van der Waals surface area contributed by atoms with E-state index in [0.717, 1.165) is 40.9 Å². The second-order valence-corrected chi connectivity index (χ2v) is 11.9. The summed E-state index contributed by atoms with van der Waals surface area (Å²) < 4.78 is 17.9. The van der Waals surface area contributed by atoms with E-state index < -0.39 is 0 Å². The lowest BCUT2D eigenvalue weighted by Gasteiger charge is -2.22. The highest BCUT2D eigenvalue weighted by molar-refractivity contribution is 6.15. The van der Waals surface area contributed by atoms with Crippen molar-refractivity contribution in [3.8, 4) is 17.2 Å². The quantitative estimate of drug-likeness (QED) is 0.225. The number of para-hydroxylation sites is 2. The third-order valence-electron chi connectivity index (χ3n) is 9.07. The summed E-state index contributed by atoms with van der Waals surface area (Å²) in [5.74, 6) is 1.53. The number of carbonyl (C=O) groups excluding carboxylic acids is 2. The number of carbonyl (C=O) groups is 2. The molecule has 4 aliphatic rings. The van der Waals surface area contributed by atoms with Crippen molar-refractivity contribution < 1.29 is 23.8 Å². The highest BCUT2D eigenvalue weighted by Gasteiger charge is 2.37. The van der Waals surface area contributed by atoms with E-state index in [9.17, 15) is 9.59 Å². The second-order valence-electron chi connectivity index (χ2n) is 11.9. The number of amides is 2. The Kier molecular flexibility index (Phi) is 6.82. The fraction of sp³-hybridized carbons (Fsp3) is 0.243. The van der Waals surface area contributed by atoms with Gasteiger partial charge in [-0.25, -0.2) is 0 Å². The summed E-state index contributed by atoms with van der Waals surface area (Å²) in [4.78, 5) is 40.3. The molecule has 0 unspecified atom stereocenters. The van der Waals surface area contributed by atoms with Crippen molar-refractivity contribution in [2.24, 2.45) is 9.98 Å². The molecule has 4 aromatic carbocycles. The molecule has 0 radical (unpaired) electrons. The van der Waals surface area contributed by atoms with Crippen LogP contribution in [0.4, 0.5) is 22.7 Å². The lowest BCUT2D eigenvalue weighted by Crippen LogP contribution is -2.37. The smallest absolute Gasteiger partial charge is 0.261 e. The molecule has 0 N–H and O–H groups in total. The van der Waals surface area contributed by atoms with Crippen molar-refractivity contribution >= 4 is 47.0 Å². The molecule has 2 atom stereocenters. The van der Waals surface area contributed by atoms with E-state index in [1.807, 2.05) is 77.7 Å². The molecule has 0 saturated heterocycles. The number of nitrogens with zero attached hydrogens (tertiary/aromatic N) is 4. The Balaban J connectivity index is 0.932. The van der Waals surface area contributed by atoms with Crippen LogP contribution in [-0.2, 0) is 12.8 Å². The Morgan fingerprint density at radius 2 is 1.22 bits per heavy atom. The SMILES string of the molecule is COc1cc2c(cc1OCCCOc1cc3c(cc1C)C(=O)N1c4ccccc4C[C@H]1C=N3)N=C[C@@H]1Cc3ccccc3N1C2=O. The fourth-order valence-corrected chi connectivity index (χ4v) is 6.81. The molecular formula is C37H32N4O5. The van der Waals surface area contributed by atoms with Gasteiger partial charge in [0.05, 0.1) is 54.9 Å². The summed E-state index contributed by atoms with van der Waals surface area (Å²) in [7, 11) is 1.56. The van der Waals surface area contributed by atoms with Gasteiger partial charge >= 0.3 is 0 Å². The van der Waals surface area contributed by atoms with E-state index in [4.69, 9.17) is 19.2 Å². The molecule has 4 aromatic rings. The number of anilines is 2. The number of hydrogen-bond acceptors (Lipinski definition) is 7. The van der Waals surface area contributed by atoms with Crippen molar-refractivity contribution in [3.63, 3.8) is 0 Å². The van der Waals surface area contributed by atoms with E-state index in [-0.39, 0.29) is 23.9 Å². The Labute approximate surface area is 266 Å². The van der Waals surface area contributed by atoms with Gasteiger partial charge in [-0.05, 0) is 47.9 Å². The highest BCUT2D eigenvalue weighted by atomic mass is 16.5. The number of benzene rings is 4. The first-order valence-electron chi connectivity index (χ1n) is 15.5. The summed E-state index contributed by atoms with van der Waals surface area (Å²) in [6.45, 7) is 2.71. The number of aliphatic imine (C=N–C) groups is 2. The first-order chi connectivity index (χ1) is 22.5. The maximum atomic E-state index is 13.7. The largest absolute Gasteiger partial charge is 0.493 e. The average molecular weight is 613 g/mol. The highest BCUT2D eigenvalue weighted by Crippen LogP contribution is 2.41. The summed E-state index contributed by atoms with van der Waals surface area (Å²) in [6, 6.07) is 23.0. The molecule has 9 heteroatoms. The summed E-state index contributed by atoms with van der Waals surface area (Å²) >= 11 is 0. The summed E-state index contributed by atoms with van der Waals surface area (Å²) in [5.41, 5.74) is 7.26. The van der Waals surface area contributed by atoms with Gasteiger partial charge in [-0.15, -0.1) is 0 Å². The topological polar surface area (TPSA) is 93.0 Å². The van der Waals surface area contributed by atoms with Gasteiger partial charge in [0.1, 0.15) is 5.75 Å². The van der Waals surface area contributed by atoms with Crippen LogP contribution in [0.25, 0.3) is 0 Å². The lowest BCUT2D eigenvalue weighted by atomic mass is 10.1. The van der Waals surface area contributed by atoms with Gasteiger partial charge in [-0.3, -0.25) is 29.4 Å². The van der Waals surface area contributed by atoms with Crippen LogP contribution in [0.1, 0.15) is 43.8 Å². The van der Waals surface area contributed by atoms with Crippen LogP contribution in [0.3, 0.4) is 0 Å². The third-order valence-corrected chi connectivity index (χ3v) is 9.07. The monoisotopic (exact) mass is 612 g/mol. The number of methoxy groups -OCH3 is 1. The van der Waals surface area contributed by atoms with Crippen LogP contribution >= 0.6 is 0 Å². The van der Waals surface area contributed by atoms with E-state index in [2.05, 4.69) is 17.1 Å². The van der Waals surface area contributed by atoms with Crippen molar-refractivity contribution in [2.75, 3.05) is 30.1 Å². The van der Waals surface area contributed by atoms with Gasteiger partial charge in [0.2, 0.25) is 0 Å². The number of ether oxygens (including phenoxy) is 3. The standard InChI is InChI=1S/C37H32N4O5/c1-22-14-27-29(38-20-25-15-23-8-3-5-10-31(23)40(25)36(27)42)18-33(22)45-12-7-13-46-35-19-30-28(17-34(35)44-2)37(43)41-26(21-39-30)16-24-9-4-6-11-32(24)41/h3-6,8-11,14,17-21,25-26H,7,12-13,15-16H2,1-2H3/t25-,26-/m0/s1. The third kappa shape index (κ3) is 4.62. The summed E-state index contributed by atoms with van der Waals surface area (Å²) in [5, 5.41) is 0. The normalized spacial score (nSPS) is 18.6. The Morgan fingerprint density at radius 3 is 1.80 bits per heavy atom. The molecule has 2 amide bonds. The van der Waals surface area contributed by atoms with Crippen molar-refractivity contribution in [2.45, 2.75) is 38.3 Å². The van der Waals surface area contributed by atoms with Crippen molar-refractivity contribution in [3.05, 3.63) is 101 Å². The van der Waals surface area contributed by atoms with Crippen LogP contribution in [0.2, 0.25) is 0 Å². The molecule has 0 saturated carbocycles. The lowest BCUT2D eigenvalue weighted by molar-refractivity contribution is 0.0979. The zero-order valence-corrected chi connectivity index (χ0v) is 25.6. The fourth-order valence-electron chi connectivity index (χ4n) is 6.81. The Morgan fingerprint density at radius 1 is 0.696 bits per heavy atom. The van der Waals surface area contributed by atoms with Crippen LogP contribution in [0, 0.1) is 6.92 Å². The molecule has 0 aliphatic carbocycles. The zero-order chi connectivity index (χ0) is 31.4. The predicted molar refractivity (Wildman–Crippen MR) is 178 cm³/mol. The van der Waals surface area contributed by atoms with E-state index in [0.29, 0.717) is 59.4 Å². The maximum absolute atomic E-state index is 13.7. The van der Waals surface area contributed by atoms with E-state index >= 15 is 0 Å². The number of rotatable bonds is 7. The molecule has 0 fully saturated rings. The van der Waals surface area contributed by atoms with Gasteiger partial charge in [-0.1, -0.05) is 36.4 Å². The second kappa shape index (κ2) is 11.2. The Bertz CT molecular complexity index is 1970. The maximum Gasteiger partial charge on any atom is 0.261 e.